The molecule has 1 aromatic heterocycles. The molecule has 0 aliphatic heterocycles. The molecule has 0 atom stereocenters. The number of aromatic nitrogens is 2. The van der Waals surface area contributed by atoms with Gasteiger partial charge in [-0.1, -0.05) is 12.1 Å². The minimum atomic E-state index is -0.822. The van der Waals surface area contributed by atoms with Crippen molar-refractivity contribution in [1.29, 1.82) is 0 Å². The molecule has 2 aromatic rings. The Balaban J connectivity index is 2.26. The zero-order valence-corrected chi connectivity index (χ0v) is 10.9. The Morgan fingerprint density at radius 1 is 1.47 bits per heavy atom. The highest BCUT2D eigenvalue weighted by Gasteiger charge is 2.10. The number of carbonyl (C=O) groups is 1. The minimum absolute atomic E-state index is 0.0739. The van der Waals surface area contributed by atoms with E-state index in [2.05, 4.69) is 9.97 Å². The average molecular weight is 260 g/mol. The number of ether oxygens (including phenoxy) is 1. The summed E-state index contributed by atoms with van der Waals surface area (Å²) in [6.45, 7) is 1.92. The van der Waals surface area contributed by atoms with Crippen LogP contribution in [0.3, 0.4) is 0 Å². The number of benzene rings is 1. The number of hydrogen-bond acceptors (Lipinski definition) is 3. The van der Waals surface area contributed by atoms with E-state index in [0.717, 1.165) is 22.7 Å². The normalized spacial score (nSPS) is 10.4. The monoisotopic (exact) mass is 260 g/mol. The molecule has 0 spiro atoms. The van der Waals surface area contributed by atoms with Gasteiger partial charge in [0.05, 0.1) is 19.2 Å². The van der Waals surface area contributed by atoms with E-state index in [1.54, 1.807) is 7.11 Å². The van der Waals surface area contributed by atoms with Gasteiger partial charge in [0.25, 0.3) is 0 Å². The van der Waals surface area contributed by atoms with Crippen LogP contribution in [0.15, 0.2) is 24.3 Å². The molecule has 0 amide bonds. The lowest BCUT2D eigenvalue weighted by Crippen LogP contribution is -1.98. The van der Waals surface area contributed by atoms with Crippen molar-refractivity contribution in [2.75, 3.05) is 7.11 Å². The number of hydrogen-bond donors (Lipinski definition) is 2. The van der Waals surface area contributed by atoms with Crippen LogP contribution < -0.4 is 4.74 Å². The number of methoxy groups -OCH3 is 1. The molecule has 19 heavy (non-hydrogen) atoms. The Morgan fingerprint density at radius 3 is 2.95 bits per heavy atom. The van der Waals surface area contributed by atoms with Crippen molar-refractivity contribution < 1.29 is 14.6 Å². The van der Waals surface area contributed by atoms with Gasteiger partial charge < -0.3 is 14.8 Å². The molecule has 0 unspecified atom stereocenters. The molecule has 0 aliphatic rings. The summed E-state index contributed by atoms with van der Waals surface area (Å²) in [5.41, 5.74) is 2.71. The molecule has 1 aromatic carbocycles. The summed E-state index contributed by atoms with van der Waals surface area (Å²) in [6.07, 6.45) is 0.477. The molecule has 2 rings (SSSR count). The molecule has 0 radical (unpaired) electrons. The number of rotatable bonds is 5. The number of carboxylic acid groups (broad SMARTS) is 1. The van der Waals surface area contributed by atoms with Crippen LogP contribution in [0.25, 0.3) is 11.3 Å². The van der Waals surface area contributed by atoms with E-state index in [4.69, 9.17) is 9.84 Å². The number of carboxylic acids is 1. The molecular formula is C14H16N2O3. The number of aromatic amines is 1. The molecule has 0 aliphatic carbocycles. The number of aliphatic carboxylic acids is 1. The Kier molecular flexibility index (Phi) is 3.85. The van der Waals surface area contributed by atoms with Crippen molar-refractivity contribution in [3.05, 3.63) is 35.8 Å². The van der Waals surface area contributed by atoms with E-state index < -0.39 is 5.97 Å². The number of aryl methyl sites for hydroxylation is 2. The molecule has 0 saturated heterocycles. The lowest BCUT2D eigenvalue weighted by Gasteiger charge is -2.02. The van der Waals surface area contributed by atoms with Crippen molar-refractivity contribution in [3.8, 4) is 17.0 Å². The van der Waals surface area contributed by atoms with E-state index >= 15 is 0 Å². The molecular weight excluding hydrogens is 244 g/mol. The lowest BCUT2D eigenvalue weighted by molar-refractivity contribution is -0.137. The highest BCUT2D eigenvalue weighted by Crippen LogP contribution is 2.25. The van der Waals surface area contributed by atoms with Crippen molar-refractivity contribution in [3.63, 3.8) is 0 Å². The molecule has 5 nitrogen and oxygen atoms in total. The van der Waals surface area contributed by atoms with Crippen LogP contribution in [0.2, 0.25) is 0 Å². The highest BCUT2D eigenvalue weighted by molar-refractivity contribution is 5.67. The molecule has 0 saturated carbocycles. The third-order valence-corrected chi connectivity index (χ3v) is 2.85. The second-order valence-electron chi connectivity index (χ2n) is 4.28. The van der Waals surface area contributed by atoms with Crippen LogP contribution in [0.5, 0.6) is 5.75 Å². The number of imidazole rings is 1. The quantitative estimate of drug-likeness (QED) is 0.865. The van der Waals surface area contributed by atoms with Crippen LogP contribution in [-0.4, -0.2) is 28.2 Å². The maximum atomic E-state index is 10.6. The highest BCUT2D eigenvalue weighted by atomic mass is 16.5. The Labute approximate surface area is 111 Å². The predicted octanol–water partition coefficient (Wildman–Crippen LogP) is 2.41. The van der Waals surface area contributed by atoms with Crippen molar-refractivity contribution in [1.82, 2.24) is 9.97 Å². The van der Waals surface area contributed by atoms with Gasteiger partial charge in [0.1, 0.15) is 11.6 Å². The average Bonchev–Trinajstić information content (AvgIpc) is 2.78. The second kappa shape index (κ2) is 5.56. The lowest BCUT2D eigenvalue weighted by atomic mass is 10.1. The fourth-order valence-electron chi connectivity index (χ4n) is 1.92. The van der Waals surface area contributed by atoms with Gasteiger partial charge in [-0.15, -0.1) is 0 Å². The van der Waals surface area contributed by atoms with Gasteiger partial charge in [0, 0.05) is 17.7 Å². The molecule has 0 fully saturated rings. The minimum Gasteiger partial charge on any atom is -0.497 e. The third-order valence-electron chi connectivity index (χ3n) is 2.85. The topological polar surface area (TPSA) is 75.2 Å². The Hall–Kier alpha value is -2.30. The maximum absolute atomic E-state index is 10.6. The summed E-state index contributed by atoms with van der Waals surface area (Å²) in [6, 6.07) is 7.63. The largest absolute Gasteiger partial charge is 0.497 e. The van der Waals surface area contributed by atoms with Crippen molar-refractivity contribution in [2.24, 2.45) is 0 Å². The summed E-state index contributed by atoms with van der Waals surface area (Å²) in [4.78, 5) is 18.1. The van der Waals surface area contributed by atoms with Gasteiger partial charge in [0.15, 0.2) is 0 Å². The molecule has 100 valence electrons. The Morgan fingerprint density at radius 2 is 2.26 bits per heavy atom. The first-order valence-electron chi connectivity index (χ1n) is 6.02. The van der Waals surface area contributed by atoms with Crippen LogP contribution in [-0.2, 0) is 11.2 Å². The van der Waals surface area contributed by atoms with Gasteiger partial charge in [-0.25, -0.2) is 4.98 Å². The van der Waals surface area contributed by atoms with Crippen LogP contribution in [0.1, 0.15) is 17.9 Å². The summed E-state index contributed by atoms with van der Waals surface area (Å²) >= 11 is 0. The third kappa shape index (κ3) is 3.13. The summed E-state index contributed by atoms with van der Waals surface area (Å²) in [5, 5.41) is 8.68. The fourth-order valence-corrected chi connectivity index (χ4v) is 1.92. The maximum Gasteiger partial charge on any atom is 0.303 e. The second-order valence-corrected chi connectivity index (χ2v) is 4.28. The first-order valence-corrected chi connectivity index (χ1v) is 6.02. The van der Waals surface area contributed by atoms with Gasteiger partial charge in [-0.05, 0) is 19.1 Å². The Bertz CT molecular complexity index is 590. The molecule has 1 heterocycles. The van der Waals surface area contributed by atoms with Crippen LogP contribution >= 0.6 is 0 Å². The molecule has 0 bridgehead atoms. The van der Waals surface area contributed by atoms with Gasteiger partial charge in [-0.3, -0.25) is 4.79 Å². The zero-order valence-electron chi connectivity index (χ0n) is 10.9. The van der Waals surface area contributed by atoms with E-state index in [-0.39, 0.29) is 6.42 Å². The van der Waals surface area contributed by atoms with E-state index in [0.29, 0.717) is 12.2 Å². The number of nitrogens with one attached hydrogen (secondary N) is 1. The van der Waals surface area contributed by atoms with Crippen LogP contribution in [0, 0.1) is 6.92 Å². The molecule has 5 heteroatoms. The summed E-state index contributed by atoms with van der Waals surface area (Å²) < 4.78 is 5.19. The predicted molar refractivity (Wildman–Crippen MR) is 71.3 cm³/mol. The number of nitrogens with zero attached hydrogens (tertiary/aromatic N) is 1. The standard InChI is InChI=1S/C14H16N2O3/c1-9-14(10-4-3-5-11(8-10)19-2)16-12(15-9)6-7-13(17)18/h3-5,8H,6-7H2,1-2H3,(H,15,16)(H,17,18). The van der Waals surface area contributed by atoms with Crippen LogP contribution in [0.4, 0.5) is 0 Å². The molecule has 2 N–H and O–H groups in total. The van der Waals surface area contributed by atoms with Gasteiger partial charge in [-0.2, -0.15) is 0 Å². The zero-order chi connectivity index (χ0) is 13.8. The van der Waals surface area contributed by atoms with E-state index in [9.17, 15) is 4.79 Å². The fraction of sp³-hybridized carbons (Fsp3) is 0.286. The smallest absolute Gasteiger partial charge is 0.303 e. The first-order chi connectivity index (χ1) is 9.10. The van der Waals surface area contributed by atoms with Gasteiger partial charge in [0.2, 0.25) is 0 Å². The summed E-state index contributed by atoms with van der Waals surface area (Å²) in [5.74, 6) is 0.640. The van der Waals surface area contributed by atoms with E-state index in [1.165, 1.54) is 0 Å². The van der Waals surface area contributed by atoms with Crippen molar-refractivity contribution in [2.45, 2.75) is 19.8 Å². The van der Waals surface area contributed by atoms with Gasteiger partial charge >= 0.3 is 5.97 Å². The first kappa shape index (κ1) is 13.1. The van der Waals surface area contributed by atoms with Crippen molar-refractivity contribution >= 4 is 5.97 Å². The number of H-pyrrole nitrogens is 1. The summed E-state index contributed by atoms with van der Waals surface area (Å²) in [7, 11) is 1.62. The van der Waals surface area contributed by atoms with E-state index in [1.807, 2.05) is 31.2 Å². The SMILES string of the molecule is COc1cccc(-c2nc(CCC(=O)O)[nH]c2C)c1.